The van der Waals surface area contributed by atoms with E-state index in [1.54, 1.807) is 0 Å². The Morgan fingerprint density at radius 3 is 2.64 bits per heavy atom. The van der Waals surface area contributed by atoms with Crippen LogP contribution in [0.25, 0.3) is 0 Å². The van der Waals surface area contributed by atoms with Gasteiger partial charge in [-0.15, -0.1) is 0 Å². The van der Waals surface area contributed by atoms with Crippen molar-refractivity contribution in [3.63, 3.8) is 0 Å². The zero-order valence-corrected chi connectivity index (χ0v) is 14.0. The Bertz CT molecular complexity index is 466. The lowest BCUT2D eigenvalue weighted by molar-refractivity contribution is -0.576. The fourth-order valence-corrected chi connectivity index (χ4v) is 5.49. The lowest BCUT2D eigenvalue weighted by Crippen LogP contribution is -2.75. The average Bonchev–Trinajstić information content (AvgIpc) is 2.69. The number of rotatable bonds is 1. The molecule has 5 aliphatic rings. The van der Waals surface area contributed by atoms with Crippen LogP contribution in [-0.2, 0) is 19.2 Å². The summed E-state index contributed by atoms with van der Waals surface area (Å²) >= 11 is 0. The monoisotopic (exact) mass is 312 g/mol. The van der Waals surface area contributed by atoms with E-state index in [-0.39, 0.29) is 12.0 Å². The van der Waals surface area contributed by atoms with Crippen molar-refractivity contribution >= 4 is 0 Å². The van der Waals surface area contributed by atoms with Gasteiger partial charge in [0.2, 0.25) is 5.79 Å². The Balaban J connectivity index is 1.83. The molecule has 22 heavy (non-hydrogen) atoms. The van der Waals surface area contributed by atoms with Crippen molar-refractivity contribution in [2.75, 3.05) is 0 Å². The van der Waals surface area contributed by atoms with E-state index in [1.165, 1.54) is 0 Å². The lowest BCUT2D eigenvalue weighted by Gasteiger charge is -2.62. The molecule has 5 heteroatoms. The quantitative estimate of drug-likeness (QED) is 0.755. The molecule has 1 spiro atoms. The summed E-state index contributed by atoms with van der Waals surface area (Å²) in [6.45, 7) is 8.14. The van der Waals surface area contributed by atoms with Crippen LogP contribution in [0.5, 0.6) is 0 Å². The average molecular weight is 312 g/mol. The minimum absolute atomic E-state index is 0.0208. The van der Waals surface area contributed by atoms with E-state index in [2.05, 4.69) is 6.92 Å². The molecule has 0 aromatic heterocycles. The molecule has 126 valence electrons. The van der Waals surface area contributed by atoms with Crippen LogP contribution >= 0.6 is 0 Å². The summed E-state index contributed by atoms with van der Waals surface area (Å²) in [7, 11) is 0. The molecule has 0 unspecified atom stereocenters. The maximum absolute atomic E-state index is 11.2. The fraction of sp³-hybridized carbons (Fsp3) is 1.00. The number of hydrogen-bond acceptors (Lipinski definition) is 5. The molecule has 1 aliphatic carbocycles. The predicted octanol–water partition coefficient (Wildman–Crippen LogP) is 2.76. The topological polar surface area (TPSA) is 57.2 Å². The SMILES string of the molecule is CC[C@H]1O[C@@H]2O[C@@]3(C)CC[C@H]4[C@H](C)CC[C@@H]([C@]1(C)O)[C@@]24OO3. The first-order valence-electron chi connectivity index (χ1n) is 8.76. The molecule has 1 saturated carbocycles. The van der Waals surface area contributed by atoms with Crippen molar-refractivity contribution < 1.29 is 24.4 Å². The van der Waals surface area contributed by atoms with E-state index in [0.717, 1.165) is 32.1 Å². The summed E-state index contributed by atoms with van der Waals surface area (Å²) in [5, 5.41) is 11.2. The van der Waals surface area contributed by atoms with Crippen molar-refractivity contribution in [2.24, 2.45) is 17.8 Å². The Morgan fingerprint density at radius 1 is 1.14 bits per heavy atom. The van der Waals surface area contributed by atoms with Crippen molar-refractivity contribution in [2.45, 2.75) is 89.2 Å². The first-order chi connectivity index (χ1) is 10.3. The zero-order chi connectivity index (χ0) is 15.8. The largest absolute Gasteiger partial charge is 0.387 e. The highest BCUT2D eigenvalue weighted by Gasteiger charge is 2.72. The summed E-state index contributed by atoms with van der Waals surface area (Å²) in [5.74, 6) is 0.0559. The smallest absolute Gasteiger partial charge is 0.201 e. The van der Waals surface area contributed by atoms with E-state index in [4.69, 9.17) is 19.2 Å². The second-order valence-corrected chi connectivity index (χ2v) is 8.11. The van der Waals surface area contributed by atoms with Gasteiger partial charge in [-0.3, -0.25) is 0 Å². The number of ether oxygens (including phenoxy) is 2. The molecule has 5 fully saturated rings. The molecule has 5 nitrogen and oxygen atoms in total. The van der Waals surface area contributed by atoms with E-state index in [0.29, 0.717) is 11.8 Å². The van der Waals surface area contributed by atoms with Crippen LogP contribution in [0, 0.1) is 17.8 Å². The lowest BCUT2D eigenvalue weighted by atomic mass is 9.56. The highest BCUT2D eigenvalue weighted by atomic mass is 17.3. The first kappa shape index (κ1) is 15.3. The van der Waals surface area contributed by atoms with Gasteiger partial charge in [0.05, 0.1) is 11.7 Å². The third kappa shape index (κ3) is 1.77. The van der Waals surface area contributed by atoms with Crippen molar-refractivity contribution in [3.05, 3.63) is 0 Å². The maximum atomic E-state index is 11.2. The van der Waals surface area contributed by atoms with Crippen LogP contribution in [0.2, 0.25) is 0 Å². The molecule has 2 bridgehead atoms. The van der Waals surface area contributed by atoms with Gasteiger partial charge in [-0.05, 0) is 51.4 Å². The first-order valence-corrected chi connectivity index (χ1v) is 8.76. The molecule has 0 aromatic rings. The second-order valence-electron chi connectivity index (χ2n) is 8.11. The fourth-order valence-electron chi connectivity index (χ4n) is 5.49. The van der Waals surface area contributed by atoms with Crippen LogP contribution in [0.4, 0.5) is 0 Å². The van der Waals surface area contributed by atoms with Crippen LogP contribution in [0.15, 0.2) is 0 Å². The highest BCUT2D eigenvalue weighted by Crippen LogP contribution is 2.61. The van der Waals surface area contributed by atoms with E-state index in [1.807, 2.05) is 20.8 Å². The van der Waals surface area contributed by atoms with E-state index < -0.39 is 23.3 Å². The van der Waals surface area contributed by atoms with Crippen molar-refractivity contribution in [1.29, 1.82) is 0 Å². The third-order valence-corrected chi connectivity index (χ3v) is 6.73. The summed E-state index contributed by atoms with van der Waals surface area (Å²) in [5.41, 5.74) is -1.60. The molecule has 5 rings (SSSR count). The van der Waals surface area contributed by atoms with Gasteiger partial charge < -0.3 is 14.6 Å². The summed E-state index contributed by atoms with van der Waals surface area (Å²) in [6.07, 6.45) is 3.90. The molecule has 0 radical (unpaired) electrons. The molecule has 8 atom stereocenters. The van der Waals surface area contributed by atoms with Gasteiger partial charge in [0.15, 0.2) is 11.9 Å². The Hall–Kier alpha value is -0.200. The van der Waals surface area contributed by atoms with Crippen LogP contribution in [-0.4, -0.2) is 34.5 Å². The van der Waals surface area contributed by atoms with Crippen LogP contribution < -0.4 is 0 Å². The summed E-state index contributed by atoms with van der Waals surface area (Å²) in [6, 6.07) is 0. The molecule has 4 heterocycles. The number of aliphatic hydroxyl groups is 1. The standard InChI is InChI=1S/C17H28O5/c1-5-13-16(4,18)12-7-6-10(2)11-8-9-15(3)20-14(19-13)17(11,12)22-21-15/h10-14,18H,5-9H2,1-4H3/t10-,11+,12+,13-,14-,15-,16+,17-/m1/s1. The van der Waals surface area contributed by atoms with E-state index >= 15 is 0 Å². The van der Waals surface area contributed by atoms with Gasteiger partial charge in [0.1, 0.15) is 0 Å². The second kappa shape index (κ2) is 4.67. The van der Waals surface area contributed by atoms with E-state index in [9.17, 15) is 5.11 Å². The Morgan fingerprint density at radius 2 is 1.91 bits per heavy atom. The van der Waals surface area contributed by atoms with Gasteiger partial charge >= 0.3 is 0 Å². The number of hydrogen-bond donors (Lipinski definition) is 1. The van der Waals surface area contributed by atoms with Gasteiger partial charge in [-0.25, -0.2) is 9.78 Å². The van der Waals surface area contributed by atoms with Crippen LogP contribution in [0.3, 0.4) is 0 Å². The molecule has 1 N–H and O–H groups in total. The minimum Gasteiger partial charge on any atom is -0.387 e. The molecular formula is C17H28O5. The van der Waals surface area contributed by atoms with Gasteiger partial charge in [-0.1, -0.05) is 13.8 Å². The molecule has 4 saturated heterocycles. The summed E-state index contributed by atoms with van der Waals surface area (Å²) < 4.78 is 12.5. The molecule has 0 amide bonds. The Labute approximate surface area is 132 Å². The number of fused-ring (bicyclic) bond motifs is 2. The van der Waals surface area contributed by atoms with Gasteiger partial charge in [0.25, 0.3) is 0 Å². The third-order valence-electron chi connectivity index (χ3n) is 6.73. The molecular weight excluding hydrogens is 284 g/mol. The highest BCUT2D eigenvalue weighted by molar-refractivity contribution is 5.14. The molecule has 0 aromatic carbocycles. The molecule has 4 aliphatic heterocycles. The normalized spacial score (nSPS) is 60.7. The van der Waals surface area contributed by atoms with Crippen molar-refractivity contribution in [1.82, 2.24) is 0 Å². The minimum atomic E-state index is -0.922. The van der Waals surface area contributed by atoms with Crippen LogP contribution in [0.1, 0.15) is 59.8 Å². The van der Waals surface area contributed by atoms with Gasteiger partial charge in [-0.2, -0.15) is 0 Å². The Kier molecular flexibility index (Phi) is 3.25. The maximum Gasteiger partial charge on any atom is 0.201 e. The van der Waals surface area contributed by atoms with Crippen molar-refractivity contribution in [3.8, 4) is 0 Å². The predicted molar refractivity (Wildman–Crippen MR) is 78.6 cm³/mol. The summed E-state index contributed by atoms with van der Waals surface area (Å²) in [4.78, 5) is 11.7. The van der Waals surface area contributed by atoms with Gasteiger partial charge in [0, 0.05) is 12.3 Å². The zero-order valence-electron chi connectivity index (χ0n) is 14.0.